The summed E-state index contributed by atoms with van der Waals surface area (Å²) in [7, 11) is 0. The Morgan fingerprint density at radius 3 is 2.65 bits per heavy atom. The first kappa shape index (κ1) is 13.7. The van der Waals surface area contributed by atoms with Gasteiger partial charge in [0.15, 0.2) is 0 Å². The van der Waals surface area contributed by atoms with Crippen molar-refractivity contribution in [2.45, 2.75) is 13.8 Å². The van der Waals surface area contributed by atoms with E-state index in [4.69, 9.17) is 5.11 Å². The first-order valence-electron chi connectivity index (χ1n) is 7.00. The molecule has 0 radical (unpaired) electrons. The fourth-order valence-corrected chi connectivity index (χ4v) is 3.62. The molecule has 0 aromatic carbocycles. The number of anilines is 1. The summed E-state index contributed by atoms with van der Waals surface area (Å²) < 4.78 is 0. The SMILES string of the molecule is Cc1nc(N2CCN(CCO)CC2)c2cc(C)sc2n1. The molecule has 1 fully saturated rings. The molecule has 1 N–H and O–H groups in total. The zero-order chi connectivity index (χ0) is 14.1. The largest absolute Gasteiger partial charge is 0.395 e. The Kier molecular flexibility index (Phi) is 3.87. The molecular formula is C14H20N4OS. The number of hydrogen-bond donors (Lipinski definition) is 1. The van der Waals surface area contributed by atoms with Crippen molar-refractivity contribution in [1.82, 2.24) is 14.9 Å². The lowest BCUT2D eigenvalue weighted by Crippen LogP contribution is -2.47. The van der Waals surface area contributed by atoms with E-state index in [9.17, 15) is 0 Å². The lowest BCUT2D eigenvalue weighted by atomic mass is 10.2. The summed E-state index contributed by atoms with van der Waals surface area (Å²) in [6, 6.07) is 2.19. The van der Waals surface area contributed by atoms with Gasteiger partial charge in [-0.3, -0.25) is 4.90 Å². The Hall–Kier alpha value is -1.24. The van der Waals surface area contributed by atoms with Crippen LogP contribution in [0.1, 0.15) is 10.7 Å². The lowest BCUT2D eigenvalue weighted by Gasteiger charge is -2.35. The number of thiophene rings is 1. The summed E-state index contributed by atoms with van der Waals surface area (Å²) in [5.41, 5.74) is 0. The monoisotopic (exact) mass is 292 g/mol. The molecular weight excluding hydrogens is 272 g/mol. The minimum atomic E-state index is 0.237. The Morgan fingerprint density at radius 2 is 1.95 bits per heavy atom. The van der Waals surface area contributed by atoms with Crippen molar-refractivity contribution in [3.05, 3.63) is 16.8 Å². The third-order valence-corrected chi connectivity index (χ3v) is 4.64. The molecule has 0 atom stereocenters. The van der Waals surface area contributed by atoms with Crippen molar-refractivity contribution < 1.29 is 5.11 Å². The van der Waals surface area contributed by atoms with Crippen LogP contribution in [0.3, 0.4) is 0 Å². The predicted octanol–water partition coefficient (Wildman–Crippen LogP) is 1.42. The van der Waals surface area contributed by atoms with Crippen LogP contribution in [0.25, 0.3) is 10.2 Å². The molecule has 20 heavy (non-hydrogen) atoms. The highest BCUT2D eigenvalue weighted by Crippen LogP contribution is 2.31. The van der Waals surface area contributed by atoms with E-state index in [0.717, 1.165) is 49.2 Å². The standard InChI is InChI=1S/C14H20N4OS/c1-10-9-12-13(15-11(2)16-14(12)20-10)18-5-3-17(4-6-18)7-8-19/h9,19H,3-8H2,1-2H3. The van der Waals surface area contributed by atoms with Crippen LogP contribution in [0, 0.1) is 13.8 Å². The molecule has 0 aliphatic carbocycles. The maximum Gasteiger partial charge on any atom is 0.141 e. The number of aryl methyl sites for hydroxylation is 2. The third kappa shape index (κ3) is 2.63. The summed E-state index contributed by atoms with van der Waals surface area (Å²) in [5, 5.41) is 10.2. The van der Waals surface area contributed by atoms with E-state index in [2.05, 4.69) is 32.8 Å². The molecule has 3 rings (SSSR count). The predicted molar refractivity (Wildman–Crippen MR) is 82.6 cm³/mol. The Balaban J connectivity index is 1.87. The molecule has 0 unspecified atom stereocenters. The zero-order valence-corrected chi connectivity index (χ0v) is 12.8. The molecule has 108 valence electrons. The highest BCUT2D eigenvalue weighted by atomic mass is 32.1. The normalized spacial score (nSPS) is 17.1. The van der Waals surface area contributed by atoms with Gasteiger partial charge in [-0.25, -0.2) is 9.97 Å². The van der Waals surface area contributed by atoms with Crippen LogP contribution < -0.4 is 4.90 Å². The lowest BCUT2D eigenvalue weighted by molar-refractivity contribution is 0.188. The minimum Gasteiger partial charge on any atom is -0.395 e. The van der Waals surface area contributed by atoms with Crippen molar-refractivity contribution >= 4 is 27.4 Å². The fraction of sp³-hybridized carbons (Fsp3) is 0.571. The zero-order valence-electron chi connectivity index (χ0n) is 12.0. The van der Waals surface area contributed by atoms with E-state index in [0.29, 0.717) is 0 Å². The second-order valence-electron chi connectivity index (χ2n) is 5.22. The second kappa shape index (κ2) is 5.63. The van der Waals surface area contributed by atoms with E-state index in [-0.39, 0.29) is 6.61 Å². The number of rotatable bonds is 3. The topological polar surface area (TPSA) is 52.5 Å². The highest BCUT2D eigenvalue weighted by Gasteiger charge is 2.20. The average molecular weight is 292 g/mol. The summed E-state index contributed by atoms with van der Waals surface area (Å²) in [6.07, 6.45) is 0. The van der Waals surface area contributed by atoms with Gasteiger partial charge in [-0.2, -0.15) is 0 Å². The van der Waals surface area contributed by atoms with Crippen LogP contribution in [0.5, 0.6) is 0 Å². The average Bonchev–Trinajstić information content (AvgIpc) is 2.79. The van der Waals surface area contributed by atoms with Crippen LogP contribution >= 0.6 is 11.3 Å². The number of nitrogens with zero attached hydrogens (tertiary/aromatic N) is 4. The fourth-order valence-electron chi connectivity index (χ4n) is 2.70. The molecule has 1 aliphatic rings. The summed E-state index contributed by atoms with van der Waals surface area (Å²) in [5.74, 6) is 1.91. The van der Waals surface area contributed by atoms with E-state index in [1.165, 1.54) is 10.3 Å². The number of β-amino-alcohol motifs (C(OH)–C–C–N with tert-alkyl or cyclic N) is 1. The second-order valence-corrected chi connectivity index (χ2v) is 6.46. The molecule has 1 saturated heterocycles. The molecule has 2 aromatic heterocycles. The van der Waals surface area contributed by atoms with Crippen LogP contribution in [0.4, 0.5) is 5.82 Å². The van der Waals surface area contributed by atoms with Gasteiger partial charge in [0.1, 0.15) is 16.5 Å². The number of aliphatic hydroxyl groups is 1. The molecule has 3 heterocycles. The van der Waals surface area contributed by atoms with Gasteiger partial charge in [0.2, 0.25) is 0 Å². The molecule has 6 heteroatoms. The Morgan fingerprint density at radius 1 is 1.20 bits per heavy atom. The summed E-state index contributed by atoms with van der Waals surface area (Å²) >= 11 is 1.73. The number of piperazine rings is 1. The van der Waals surface area contributed by atoms with Gasteiger partial charge in [-0.15, -0.1) is 11.3 Å². The minimum absolute atomic E-state index is 0.237. The molecule has 0 bridgehead atoms. The van der Waals surface area contributed by atoms with Gasteiger partial charge in [-0.05, 0) is 19.9 Å². The van der Waals surface area contributed by atoms with Crippen LogP contribution in [-0.4, -0.2) is 59.3 Å². The van der Waals surface area contributed by atoms with Gasteiger partial charge in [0.05, 0.1) is 12.0 Å². The molecule has 2 aromatic rings. The quantitative estimate of drug-likeness (QED) is 0.927. The van der Waals surface area contributed by atoms with Crippen LogP contribution in [-0.2, 0) is 0 Å². The number of aliphatic hydroxyl groups excluding tert-OH is 1. The molecule has 5 nitrogen and oxygen atoms in total. The first-order valence-corrected chi connectivity index (χ1v) is 7.82. The third-order valence-electron chi connectivity index (χ3n) is 3.70. The summed E-state index contributed by atoms with van der Waals surface area (Å²) in [6.45, 7) is 8.96. The smallest absolute Gasteiger partial charge is 0.141 e. The van der Waals surface area contributed by atoms with Gasteiger partial charge < -0.3 is 10.0 Å². The van der Waals surface area contributed by atoms with Crippen molar-refractivity contribution in [3.63, 3.8) is 0 Å². The molecule has 0 spiro atoms. The highest BCUT2D eigenvalue weighted by molar-refractivity contribution is 7.18. The summed E-state index contributed by atoms with van der Waals surface area (Å²) in [4.78, 5) is 16.2. The Labute approximate surface area is 122 Å². The van der Waals surface area contributed by atoms with Gasteiger partial charge in [0.25, 0.3) is 0 Å². The van der Waals surface area contributed by atoms with E-state index < -0.39 is 0 Å². The maximum absolute atomic E-state index is 9.01. The van der Waals surface area contributed by atoms with Crippen molar-refractivity contribution in [3.8, 4) is 0 Å². The number of aromatic nitrogens is 2. The van der Waals surface area contributed by atoms with Gasteiger partial charge >= 0.3 is 0 Å². The van der Waals surface area contributed by atoms with Crippen LogP contribution in [0.2, 0.25) is 0 Å². The van der Waals surface area contributed by atoms with Gasteiger partial charge in [0, 0.05) is 37.6 Å². The number of fused-ring (bicyclic) bond motifs is 1. The van der Waals surface area contributed by atoms with E-state index in [1.807, 2.05) is 6.92 Å². The maximum atomic E-state index is 9.01. The van der Waals surface area contributed by atoms with E-state index in [1.54, 1.807) is 11.3 Å². The van der Waals surface area contributed by atoms with Crippen molar-refractivity contribution in [1.29, 1.82) is 0 Å². The Bertz CT molecular complexity index is 604. The van der Waals surface area contributed by atoms with Crippen molar-refractivity contribution in [2.75, 3.05) is 44.2 Å². The van der Waals surface area contributed by atoms with E-state index >= 15 is 0 Å². The van der Waals surface area contributed by atoms with Gasteiger partial charge in [-0.1, -0.05) is 0 Å². The molecule has 0 saturated carbocycles. The molecule has 0 amide bonds. The first-order chi connectivity index (χ1) is 9.67. The van der Waals surface area contributed by atoms with Crippen LogP contribution in [0.15, 0.2) is 6.07 Å². The number of hydrogen-bond acceptors (Lipinski definition) is 6. The van der Waals surface area contributed by atoms with Crippen molar-refractivity contribution in [2.24, 2.45) is 0 Å². The molecule has 1 aliphatic heterocycles.